The molecular formula is C45H87N2O6P. The summed E-state index contributed by atoms with van der Waals surface area (Å²) in [6.45, 7) is 4.19. The Bertz CT molecular complexity index is 943. The lowest BCUT2D eigenvalue weighted by Gasteiger charge is -2.25. The van der Waals surface area contributed by atoms with Gasteiger partial charge in [0.2, 0.25) is 5.91 Å². The Hall–Kier alpha value is -1.28. The molecule has 3 unspecified atom stereocenters. The second-order valence-electron chi connectivity index (χ2n) is 15.3. The lowest BCUT2D eigenvalue weighted by atomic mass is 10.0. The lowest BCUT2D eigenvalue weighted by Crippen LogP contribution is -2.46. The van der Waals surface area contributed by atoms with Gasteiger partial charge in [-0.1, -0.05) is 192 Å². The largest absolute Gasteiger partial charge is 0.472 e. The highest BCUT2D eigenvalue weighted by atomic mass is 31.2. The Morgan fingerprint density at radius 1 is 0.611 bits per heavy atom. The van der Waals surface area contributed by atoms with Gasteiger partial charge < -0.3 is 21.1 Å². The monoisotopic (exact) mass is 783 g/mol. The van der Waals surface area contributed by atoms with Crippen LogP contribution in [0.15, 0.2) is 36.5 Å². The van der Waals surface area contributed by atoms with Crippen molar-refractivity contribution in [2.45, 2.75) is 225 Å². The fourth-order valence-electron chi connectivity index (χ4n) is 6.56. The molecule has 0 bridgehead atoms. The van der Waals surface area contributed by atoms with Crippen molar-refractivity contribution in [2.75, 3.05) is 19.8 Å². The molecule has 0 saturated carbocycles. The third-order valence-electron chi connectivity index (χ3n) is 10.00. The molecule has 0 aliphatic carbocycles. The highest BCUT2D eigenvalue weighted by Gasteiger charge is 2.27. The van der Waals surface area contributed by atoms with Gasteiger partial charge in [-0.25, -0.2) is 4.57 Å². The highest BCUT2D eigenvalue weighted by molar-refractivity contribution is 7.47. The number of aliphatic hydroxyl groups is 1. The summed E-state index contributed by atoms with van der Waals surface area (Å²) in [5.74, 6) is -0.174. The zero-order chi connectivity index (χ0) is 39.6. The van der Waals surface area contributed by atoms with Crippen LogP contribution in [0.4, 0.5) is 0 Å². The molecule has 8 nitrogen and oxygen atoms in total. The molecule has 0 aliphatic rings. The molecule has 0 heterocycles. The van der Waals surface area contributed by atoms with Crippen molar-refractivity contribution in [3.63, 3.8) is 0 Å². The second kappa shape index (κ2) is 41.4. The molecule has 0 radical (unpaired) electrons. The first-order valence-corrected chi connectivity index (χ1v) is 24.1. The van der Waals surface area contributed by atoms with Gasteiger partial charge >= 0.3 is 7.82 Å². The lowest BCUT2D eigenvalue weighted by molar-refractivity contribution is -0.123. The molecule has 5 N–H and O–H groups in total. The van der Waals surface area contributed by atoms with Gasteiger partial charge in [-0.05, 0) is 51.4 Å². The van der Waals surface area contributed by atoms with Crippen LogP contribution in [0.25, 0.3) is 0 Å². The highest BCUT2D eigenvalue weighted by Crippen LogP contribution is 2.43. The Morgan fingerprint density at radius 2 is 1.02 bits per heavy atom. The van der Waals surface area contributed by atoms with Crippen LogP contribution in [-0.2, 0) is 18.4 Å². The number of amides is 1. The van der Waals surface area contributed by atoms with Gasteiger partial charge in [-0.3, -0.25) is 13.8 Å². The number of carbonyl (C=O) groups is 1. The van der Waals surface area contributed by atoms with Gasteiger partial charge in [0.1, 0.15) is 0 Å². The van der Waals surface area contributed by atoms with Gasteiger partial charge in [-0.2, -0.15) is 0 Å². The number of carbonyl (C=O) groups excluding carboxylic acids is 1. The summed E-state index contributed by atoms with van der Waals surface area (Å²) >= 11 is 0. The van der Waals surface area contributed by atoms with Crippen molar-refractivity contribution < 1.29 is 28.4 Å². The third-order valence-corrected chi connectivity index (χ3v) is 11.0. The second-order valence-corrected chi connectivity index (χ2v) is 16.7. The average Bonchev–Trinajstić information content (AvgIpc) is 3.16. The Kier molecular flexibility index (Phi) is 40.4. The summed E-state index contributed by atoms with van der Waals surface area (Å²) in [7, 11) is -4.32. The summed E-state index contributed by atoms with van der Waals surface area (Å²) in [5, 5.41) is 13.8. The SMILES string of the molecule is CCCCCCC/C=C\C/C=C\C/C=C\CCCCCCCCC(=O)NC(COP(=O)(O)OCCN)C(O)CCCCCCCCCCCCCCCC. The third kappa shape index (κ3) is 39.0. The number of allylic oxidation sites excluding steroid dienone is 6. The molecular weight excluding hydrogens is 695 g/mol. The van der Waals surface area contributed by atoms with Gasteiger partial charge in [0.25, 0.3) is 0 Å². The minimum absolute atomic E-state index is 0.0858. The van der Waals surface area contributed by atoms with Crippen LogP contribution in [0.1, 0.15) is 213 Å². The van der Waals surface area contributed by atoms with E-state index in [0.717, 1.165) is 64.2 Å². The normalized spacial score (nSPS) is 14.4. The maximum Gasteiger partial charge on any atom is 0.472 e. The van der Waals surface area contributed by atoms with Crippen LogP contribution in [0, 0.1) is 0 Å². The van der Waals surface area contributed by atoms with Crippen LogP contribution < -0.4 is 11.1 Å². The number of aliphatic hydroxyl groups excluding tert-OH is 1. The van der Waals surface area contributed by atoms with E-state index in [2.05, 4.69) is 55.6 Å². The van der Waals surface area contributed by atoms with Gasteiger partial charge in [0.15, 0.2) is 0 Å². The number of phosphoric ester groups is 1. The summed E-state index contributed by atoms with van der Waals surface area (Å²) in [6, 6.07) is -0.781. The van der Waals surface area contributed by atoms with E-state index in [9.17, 15) is 19.4 Å². The smallest absolute Gasteiger partial charge is 0.391 e. The average molecular weight is 783 g/mol. The minimum atomic E-state index is -4.32. The zero-order valence-electron chi connectivity index (χ0n) is 35.2. The summed E-state index contributed by atoms with van der Waals surface area (Å²) in [5.41, 5.74) is 5.38. The van der Waals surface area contributed by atoms with E-state index in [-0.39, 0.29) is 25.7 Å². The molecule has 1 amide bonds. The minimum Gasteiger partial charge on any atom is -0.391 e. The van der Waals surface area contributed by atoms with Crippen LogP contribution in [0.2, 0.25) is 0 Å². The first-order valence-electron chi connectivity index (χ1n) is 22.6. The molecule has 9 heteroatoms. The topological polar surface area (TPSA) is 131 Å². The molecule has 3 atom stereocenters. The van der Waals surface area contributed by atoms with E-state index < -0.39 is 20.0 Å². The van der Waals surface area contributed by atoms with Crippen molar-refractivity contribution >= 4 is 13.7 Å². The zero-order valence-corrected chi connectivity index (χ0v) is 36.1. The van der Waals surface area contributed by atoms with Gasteiger partial charge in [0, 0.05) is 13.0 Å². The molecule has 0 aliphatic heterocycles. The van der Waals surface area contributed by atoms with Crippen LogP contribution in [-0.4, -0.2) is 47.8 Å². The summed E-state index contributed by atoms with van der Waals surface area (Å²) in [6.07, 6.45) is 48.6. The van der Waals surface area contributed by atoms with Crippen LogP contribution >= 0.6 is 7.82 Å². The van der Waals surface area contributed by atoms with E-state index >= 15 is 0 Å². The van der Waals surface area contributed by atoms with Crippen molar-refractivity contribution in [3.05, 3.63) is 36.5 Å². The number of hydrogen-bond donors (Lipinski definition) is 4. The van der Waals surface area contributed by atoms with Crippen molar-refractivity contribution in [1.29, 1.82) is 0 Å². The number of rotatable bonds is 42. The van der Waals surface area contributed by atoms with Crippen LogP contribution in [0.5, 0.6) is 0 Å². The molecule has 318 valence electrons. The summed E-state index contributed by atoms with van der Waals surface area (Å²) in [4.78, 5) is 22.7. The van der Waals surface area contributed by atoms with Crippen molar-refractivity contribution in [3.8, 4) is 0 Å². The molecule has 0 saturated heterocycles. The maximum atomic E-state index is 12.8. The van der Waals surface area contributed by atoms with Crippen LogP contribution in [0.3, 0.4) is 0 Å². The predicted octanol–water partition coefficient (Wildman–Crippen LogP) is 12.7. The van der Waals surface area contributed by atoms with Gasteiger partial charge in [-0.15, -0.1) is 0 Å². The summed E-state index contributed by atoms with van der Waals surface area (Å²) < 4.78 is 22.2. The van der Waals surface area contributed by atoms with Gasteiger partial charge in [0.05, 0.1) is 25.4 Å². The number of phosphoric acid groups is 1. The standard InChI is InChI=1S/C45H87N2O6P/c1-3-5-7-9-11-13-15-17-19-20-21-22-23-24-25-27-29-31-33-35-37-39-45(49)47-43(42-53-54(50,51)52-41-40-46)44(48)38-36-34-32-30-28-26-18-16-14-12-10-8-6-4-2/h15,17,20-21,23-24,43-44,48H,3-14,16,18-19,22,25-42,46H2,1-2H3,(H,47,49)(H,50,51)/b17-15-,21-20-,24-23-. The molecule has 0 fully saturated rings. The molecule has 0 aromatic heterocycles. The Labute approximate surface area is 333 Å². The van der Waals surface area contributed by atoms with E-state index in [1.165, 1.54) is 122 Å². The van der Waals surface area contributed by atoms with Crippen molar-refractivity contribution in [1.82, 2.24) is 5.32 Å². The molecule has 54 heavy (non-hydrogen) atoms. The maximum absolute atomic E-state index is 12.8. The molecule has 0 rings (SSSR count). The molecule has 0 aromatic carbocycles. The number of nitrogens with one attached hydrogen (secondary N) is 1. The van der Waals surface area contributed by atoms with E-state index in [0.29, 0.717) is 12.8 Å². The number of hydrogen-bond acceptors (Lipinski definition) is 6. The first-order chi connectivity index (χ1) is 26.4. The molecule has 0 spiro atoms. The first kappa shape index (κ1) is 52.7. The quantitative estimate of drug-likeness (QED) is 0.0275. The fourth-order valence-corrected chi connectivity index (χ4v) is 7.31. The fraction of sp³-hybridized carbons (Fsp3) is 0.844. The number of nitrogens with two attached hydrogens (primary N) is 1. The van der Waals surface area contributed by atoms with Crippen molar-refractivity contribution in [2.24, 2.45) is 5.73 Å². The van der Waals surface area contributed by atoms with E-state index in [1.54, 1.807) is 0 Å². The van der Waals surface area contributed by atoms with E-state index in [4.69, 9.17) is 14.8 Å². The Morgan fingerprint density at radius 3 is 1.48 bits per heavy atom. The number of unbranched alkanes of at least 4 members (excludes halogenated alkanes) is 24. The molecule has 0 aromatic rings. The predicted molar refractivity (Wildman–Crippen MR) is 231 cm³/mol. The Balaban J connectivity index is 4.16. The van der Waals surface area contributed by atoms with E-state index in [1.807, 2.05) is 0 Å².